The number of anilines is 2. The summed E-state index contributed by atoms with van der Waals surface area (Å²) in [7, 11) is 1.27. The van der Waals surface area contributed by atoms with Gasteiger partial charge in [-0.25, -0.2) is 14.8 Å². The molecule has 0 fully saturated rings. The van der Waals surface area contributed by atoms with E-state index in [1.54, 1.807) is 11.6 Å². The molecule has 0 bridgehead atoms. The molecule has 3 aromatic rings. The number of nitrogens with zero attached hydrogens (tertiary/aromatic N) is 4. The van der Waals surface area contributed by atoms with Crippen LogP contribution in [-0.2, 0) is 4.74 Å². The van der Waals surface area contributed by atoms with Gasteiger partial charge in [0.1, 0.15) is 12.1 Å². The van der Waals surface area contributed by atoms with Crippen LogP contribution in [0, 0.1) is 10.1 Å². The Morgan fingerprint density at radius 2 is 2.00 bits per heavy atom. The third kappa shape index (κ3) is 3.72. The molecule has 1 aromatic carbocycles. The lowest BCUT2D eigenvalue weighted by molar-refractivity contribution is -0.385. The third-order valence-corrected chi connectivity index (χ3v) is 3.81. The van der Waals surface area contributed by atoms with E-state index in [4.69, 9.17) is 4.74 Å². The van der Waals surface area contributed by atoms with Crippen LogP contribution in [0.3, 0.4) is 0 Å². The Labute approximate surface area is 150 Å². The summed E-state index contributed by atoms with van der Waals surface area (Å²) in [4.78, 5) is 34.0. The van der Waals surface area contributed by atoms with Gasteiger partial charge >= 0.3 is 17.5 Å². The summed E-state index contributed by atoms with van der Waals surface area (Å²) in [6.45, 7) is 0. The molecule has 132 valence electrons. The molecule has 0 saturated carbocycles. The molecule has 2 heterocycles. The number of hydrogen-bond donors (Lipinski definition) is 1. The zero-order valence-corrected chi connectivity index (χ0v) is 14.1. The molecule has 10 nitrogen and oxygen atoms in total. The van der Waals surface area contributed by atoms with Crippen molar-refractivity contribution in [2.24, 2.45) is 0 Å². The molecule has 0 spiro atoms. The Balaban J connectivity index is 1.89. The summed E-state index contributed by atoms with van der Waals surface area (Å²) in [5, 5.41) is 16.4. The molecule has 26 heavy (non-hydrogen) atoms. The van der Waals surface area contributed by atoms with Gasteiger partial charge in [0.05, 0.1) is 17.6 Å². The number of hydrogen-bond acceptors (Lipinski definition) is 10. The first-order chi connectivity index (χ1) is 12.6. The first-order valence-electron chi connectivity index (χ1n) is 7.10. The molecule has 0 aliphatic rings. The van der Waals surface area contributed by atoms with Crippen molar-refractivity contribution in [2.45, 2.75) is 0 Å². The lowest BCUT2D eigenvalue weighted by Gasteiger charge is -2.08. The monoisotopic (exact) mass is 373 g/mol. The number of nitrogens with one attached hydrogen (secondary N) is 1. The minimum atomic E-state index is -0.645. The fourth-order valence-corrected chi connectivity index (χ4v) is 2.50. The van der Waals surface area contributed by atoms with Crippen LogP contribution < -0.4 is 10.1 Å². The molecule has 0 atom stereocenters. The second kappa shape index (κ2) is 7.53. The summed E-state index contributed by atoms with van der Waals surface area (Å²) in [5.41, 5.74) is -0.108. The molecule has 0 radical (unpaired) electrons. The summed E-state index contributed by atoms with van der Waals surface area (Å²) in [5.74, 6) is -0.518. The number of esters is 1. The highest BCUT2D eigenvalue weighted by molar-refractivity contribution is 7.13. The predicted octanol–water partition coefficient (Wildman–Crippen LogP) is 3.16. The summed E-state index contributed by atoms with van der Waals surface area (Å²) >= 11 is 1.26. The number of aromatic nitrogens is 3. The van der Waals surface area contributed by atoms with E-state index in [1.165, 1.54) is 42.7 Å². The maximum absolute atomic E-state index is 11.5. The van der Waals surface area contributed by atoms with Crippen molar-refractivity contribution in [1.29, 1.82) is 0 Å². The van der Waals surface area contributed by atoms with Gasteiger partial charge in [-0.05, 0) is 24.3 Å². The molecule has 0 unspecified atom stereocenters. The number of carbonyl (C=O) groups is 1. The van der Waals surface area contributed by atoms with Gasteiger partial charge in [0.2, 0.25) is 5.82 Å². The average molecular weight is 373 g/mol. The van der Waals surface area contributed by atoms with E-state index in [2.05, 4.69) is 25.0 Å². The van der Waals surface area contributed by atoms with Crippen LogP contribution in [0.15, 0.2) is 42.2 Å². The Kier molecular flexibility index (Phi) is 4.99. The molecule has 11 heteroatoms. The molecule has 1 N–H and O–H groups in total. The third-order valence-electron chi connectivity index (χ3n) is 3.12. The zero-order chi connectivity index (χ0) is 18.5. The van der Waals surface area contributed by atoms with Crippen molar-refractivity contribution in [3.05, 3.63) is 57.8 Å². The number of nitro groups is 1. The largest absolute Gasteiger partial charge is 0.465 e. The van der Waals surface area contributed by atoms with E-state index in [-0.39, 0.29) is 17.4 Å². The Hall–Kier alpha value is -3.60. The van der Waals surface area contributed by atoms with Gasteiger partial charge in [0.25, 0.3) is 0 Å². The Morgan fingerprint density at radius 1 is 1.23 bits per heavy atom. The number of methoxy groups -OCH3 is 1. The molecule has 2 aromatic heterocycles. The Bertz CT molecular complexity index is 930. The van der Waals surface area contributed by atoms with Gasteiger partial charge in [0, 0.05) is 11.6 Å². The molecule has 0 aliphatic carbocycles. The van der Waals surface area contributed by atoms with Crippen molar-refractivity contribution in [3.8, 4) is 11.6 Å². The van der Waals surface area contributed by atoms with Crippen molar-refractivity contribution in [2.75, 3.05) is 12.4 Å². The molecule has 0 saturated heterocycles. The van der Waals surface area contributed by atoms with Crippen LogP contribution in [0.2, 0.25) is 0 Å². The van der Waals surface area contributed by atoms with E-state index in [0.29, 0.717) is 10.7 Å². The average Bonchev–Trinajstić information content (AvgIpc) is 3.14. The zero-order valence-electron chi connectivity index (χ0n) is 13.3. The van der Waals surface area contributed by atoms with Crippen molar-refractivity contribution in [1.82, 2.24) is 15.0 Å². The number of rotatable bonds is 6. The predicted molar refractivity (Wildman–Crippen MR) is 91.9 cm³/mol. The number of ether oxygens (including phenoxy) is 2. The van der Waals surface area contributed by atoms with Crippen LogP contribution in [0.25, 0.3) is 0 Å². The van der Waals surface area contributed by atoms with E-state index in [0.717, 1.165) is 6.33 Å². The van der Waals surface area contributed by atoms with Gasteiger partial charge in [0.15, 0.2) is 5.13 Å². The smallest absolute Gasteiger partial charge is 0.373 e. The molecule has 0 aliphatic heterocycles. The van der Waals surface area contributed by atoms with Crippen LogP contribution in [-0.4, -0.2) is 33.0 Å². The van der Waals surface area contributed by atoms with Gasteiger partial charge in [-0.15, -0.1) is 11.3 Å². The highest BCUT2D eigenvalue weighted by Crippen LogP contribution is 2.35. The first-order valence-corrected chi connectivity index (χ1v) is 7.98. The highest BCUT2D eigenvalue weighted by Gasteiger charge is 2.25. The lowest BCUT2D eigenvalue weighted by Crippen LogP contribution is -2.04. The summed E-state index contributed by atoms with van der Waals surface area (Å²) in [6, 6.07) is 5.91. The molecule has 3 rings (SSSR count). The SMILES string of the molecule is COC(=O)c1ccc(Oc2ncnc(Nc3nccs3)c2[N+](=O)[O-])cc1. The van der Waals surface area contributed by atoms with Crippen LogP contribution in [0.5, 0.6) is 11.6 Å². The molecular formula is C15H11N5O5S. The Morgan fingerprint density at radius 3 is 2.62 bits per heavy atom. The quantitative estimate of drug-likeness (QED) is 0.393. The van der Waals surface area contributed by atoms with Gasteiger partial charge in [-0.1, -0.05) is 0 Å². The normalized spacial score (nSPS) is 10.2. The van der Waals surface area contributed by atoms with E-state index in [1.807, 2.05) is 0 Å². The maximum Gasteiger partial charge on any atom is 0.373 e. The van der Waals surface area contributed by atoms with Crippen molar-refractivity contribution in [3.63, 3.8) is 0 Å². The number of carbonyl (C=O) groups excluding carboxylic acids is 1. The van der Waals surface area contributed by atoms with Crippen LogP contribution in [0.4, 0.5) is 16.6 Å². The van der Waals surface area contributed by atoms with E-state index in [9.17, 15) is 14.9 Å². The lowest BCUT2D eigenvalue weighted by atomic mass is 10.2. The van der Waals surface area contributed by atoms with Crippen LogP contribution in [0.1, 0.15) is 10.4 Å². The maximum atomic E-state index is 11.5. The highest BCUT2D eigenvalue weighted by atomic mass is 32.1. The number of thiazole rings is 1. The van der Waals surface area contributed by atoms with Gasteiger partial charge < -0.3 is 14.8 Å². The minimum Gasteiger partial charge on any atom is -0.465 e. The van der Waals surface area contributed by atoms with Gasteiger partial charge in [-0.3, -0.25) is 10.1 Å². The fraction of sp³-hybridized carbons (Fsp3) is 0.0667. The second-order valence-electron chi connectivity index (χ2n) is 4.71. The summed E-state index contributed by atoms with van der Waals surface area (Å²) < 4.78 is 10.1. The van der Waals surface area contributed by atoms with E-state index >= 15 is 0 Å². The second-order valence-corrected chi connectivity index (χ2v) is 5.61. The fourth-order valence-electron chi connectivity index (χ4n) is 1.97. The van der Waals surface area contributed by atoms with Crippen molar-refractivity contribution < 1.29 is 19.2 Å². The summed E-state index contributed by atoms with van der Waals surface area (Å²) in [6.07, 6.45) is 2.70. The van der Waals surface area contributed by atoms with E-state index < -0.39 is 16.6 Å². The van der Waals surface area contributed by atoms with Crippen LogP contribution >= 0.6 is 11.3 Å². The molecular weight excluding hydrogens is 362 g/mol. The first kappa shape index (κ1) is 17.2. The molecule has 0 amide bonds. The topological polar surface area (TPSA) is 129 Å². The van der Waals surface area contributed by atoms with Crippen molar-refractivity contribution >= 4 is 33.9 Å². The number of benzene rings is 1. The minimum absolute atomic E-state index is 0.0406. The van der Waals surface area contributed by atoms with Gasteiger partial charge in [-0.2, -0.15) is 4.98 Å². The standard InChI is InChI=1S/C15H11N5O5S/c1-24-14(21)9-2-4-10(5-3-9)25-13-11(20(22)23)12(17-8-18-13)19-15-16-6-7-26-15/h2-8H,1H3,(H,16,17,18,19).